The number of aromatic hydroxyl groups is 1. The molecule has 188 valence electrons. The second-order valence-electron chi connectivity index (χ2n) is 7.62. The van der Waals surface area contributed by atoms with Gasteiger partial charge in [-0.1, -0.05) is 6.07 Å². The minimum Gasteiger partial charge on any atom is -0.508 e. The molecule has 0 spiro atoms. The monoisotopic (exact) mass is 509 g/mol. The Hall–Kier alpha value is -4.22. The number of aromatic nitrogens is 3. The van der Waals surface area contributed by atoms with Gasteiger partial charge in [-0.05, 0) is 73.2 Å². The number of phenolic OH excluding ortho intramolecular Hbond substituents is 1. The molecule has 0 atom stereocenters. The van der Waals surface area contributed by atoms with Crippen molar-refractivity contribution < 1.29 is 40.9 Å². The van der Waals surface area contributed by atoms with Gasteiger partial charge in [-0.25, -0.2) is 9.67 Å². The molecule has 6 nitrogen and oxygen atoms in total. The van der Waals surface area contributed by atoms with E-state index in [-0.39, 0.29) is 35.3 Å². The Morgan fingerprint density at radius 3 is 2.22 bits per heavy atom. The lowest BCUT2D eigenvalue weighted by Gasteiger charge is -2.11. The van der Waals surface area contributed by atoms with Gasteiger partial charge in [-0.3, -0.25) is 0 Å². The molecular formula is C24H17F6N3O3. The summed E-state index contributed by atoms with van der Waals surface area (Å²) in [6.45, 7) is 1.51. The Balaban J connectivity index is 1.70. The predicted molar refractivity (Wildman–Crippen MR) is 116 cm³/mol. The van der Waals surface area contributed by atoms with Crippen LogP contribution in [0, 0.1) is 6.92 Å². The number of halogens is 6. The lowest BCUT2D eigenvalue weighted by molar-refractivity contribution is -0.274. The lowest BCUT2D eigenvalue weighted by Crippen LogP contribution is -2.16. The average Bonchev–Trinajstić information content (AvgIpc) is 3.23. The van der Waals surface area contributed by atoms with Gasteiger partial charge < -0.3 is 14.6 Å². The van der Waals surface area contributed by atoms with Gasteiger partial charge in [0.2, 0.25) is 0 Å². The first-order valence-electron chi connectivity index (χ1n) is 10.3. The summed E-state index contributed by atoms with van der Waals surface area (Å²) in [5, 5.41) is 13.9. The molecule has 1 N–H and O–H groups in total. The number of phenols is 1. The van der Waals surface area contributed by atoms with Gasteiger partial charge in [-0.2, -0.15) is 13.2 Å². The normalized spacial score (nSPS) is 12.0. The second-order valence-corrected chi connectivity index (χ2v) is 7.62. The van der Waals surface area contributed by atoms with Crippen LogP contribution in [0.1, 0.15) is 17.0 Å². The summed E-state index contributed by atoms with van der Waals surface area (Å²) in [4.78, 5) is 4.34. The first kappa shape index (κ1) is 24.9. The minimum atomic E-state index is -4.88. The van der Waals surface area contributed by atoms with Crippen molar-refractivity contribution in [1.82, 2.24) is 14.8 Å². The van der Waals surface area contributed by atoms with E-state index < -0.39 is 23.9 Å². The van der Waals surface area contributed by atoms with E-state index in [1.165, 1.54) is 36.4 Å². The quantitative estimate of drug-likeness (QED) is 0.303. The summed E-state index contributed by atoms with van der Waals surface area (Å²) in [5.41, 5.74) is -0.0274. The maximum Gasteiger partial charge on any atom is 0.573 e. The highest BCUT2D eigenvalue weighted by atomic mass is 19.4. The van der Waals surface area contributed by atoms with E-state index in [0.29, 0.717) is 11.3 Å². The van der Waals surface area contributed by atoms with E-state index in [0.717, 1.165) is 28.9 Å². The van der Waals surface area contributed by atoms with Gasteiger partial charge in [0.15, 0.2) is 11.6 Å². The number of alkyl halides is 6. The molecule has 0 saturated carbocycles. The van der Waals surface area contributed by atoms with Crippen molar-refractivity contribution in [2.45, 2.75) is 26.1 Å². The van der Waals surface area contributed by atoms with Crippen molar-refractivity contribution in [3.8, 4) is 34.3 Å². The zero-order valence-corrected chi connectivity index (χ0v) is 18.4. The van der Waals surface area contributed by atoms with Crippen LogP contribution in [0.2, 0.25) is 0 Å². The van der Waals surface area contributed by atoms with E-state index in [9.17, 15) is 31.4 Å². The third-order valence-corrected chi connectivity index (χ3v) is 4.95. The van der Waals surface area contributed by atoms with Crippen LogP contribution >= 0.6 is 0 Å². The summed E-state index contributed by atoms with van der Waals surface area (Å²) in [5.74, 6) is 0.185. The van der Waals surface area contributed by atoms with Crippen LogP contribution in [0.25, 0.3) is 17.1 Å². The zero-order chi connectivity index (χ0) is 26.1. The smallest absolute Gasteiger partial charge is 0.508 e. The molecule has 0 radical (unpaired) electrons. The summed E-state index contributed by atoms with van der Waals surface area (Å²) >= 11 is 0. The van der Waals surface area contributed by atoms with Crippen molar-refractivity contribution in [2.24, 2.45) is 0 Å². The zero-order valence-electron chi connectivity index (χ0n) is 18.4. The summed E-state index contributed by atoms with van der Waals surface area (Å²) in [6.07, 6.45) is -9.48. The SMILES string of the molecule is Cc1cc(OCc2nc(-c3ccc(OC(F)(F)F)cc3)n(-c3cccc(C(F)(F)F)c3)n2)ccc1O. The molecule has 0 aliphatic heterocycles. The third kappa shape index (κ3) is 5.88. The highest BCUT2D eigenvalue weighted by Gasteiger charge is 2.32. The van der Waals surface area contributed by atoms with Gasteiger partial charge in [0.05, 0.1) is 11.3 Å². The number of aryl methyl sites for hydroxylation is 1. The van der Waals surface area contributed by atoms with E-state index >= 15 is 0 Å². The number of nitrogens with zero attached hydrogens (tertiary/aromatic N) is 3. The van der Waals surface area contributed by atoms with Gasteiger partial charge in [-0.15, -0.1) is 18.3 Å². The fourth-order valence-electron chi connectivity index (χ4n) is 3.27. The number of hydrogen-bond donors (Lipinski definition) is 1. The predicted octanol–water partition coefficient (Wildman–Crippen LogP) is 6.44. The van der Waals surface area contributed by atoms with E-state index in [2.05, 4.69) is 14.8 Å². The molecule has 0 aliphatic rings. The van der Waals surface area contributed by atoms with Crippen LogP contribution < -0.4 is 9.47 Å². The molecule has 1 aromatic heterocycles. The molecule has 0 unspecified atom stereocenters. The molecule has 0 bridgehead atoms. The average molecular weight is 509 g/mol. The molecule has 4 aromatic rings. The van der Waals surface area contributed by atoms with Gasteiger partial charge in [0.1, 0.15) is 23.9 Å². The maximum absolute atomic E-state index is 13.3. The summed E-state index contributed by atoms with van der Waals surface area (Å²) < 4.78 is 88.0. The molecule has 0 aliphatic carbocycles. The Morgan fingerprint density at radius 2 is 1.58 bits per heavy atom. The van der Waals surface area contributed by atoms with Gasteiger partial charge in [0.25, 0.3) is 0 Å². The highest BCUT2D eigenvalue weighted by Crippen LogP contribution is 2.32. The molecule has 36 heavy (non-hydrogen) atoms. The standard InChI is InChI=1S/C24H17F6N3O3/c1-14-11-19(9-10-20(14)34)35-13-21-31-22(15-5-7-18(8-6-15)36-24(28,29)30)33(32-21)17-4-2-3-16(12-17)23(25,26)27/h2-12,34H,13H2,1H3. The number of hydrogen-bond acceptors (Lipinski definition) is 5. The number of rotatable bonds is 6. The topological polar surface area (TPSA) is 69.4 Å². The largest absolute Gasteiger partial charge is 0.573 e. The maximum atomic E-state index is 13.3. The van der Waals surface area contributed by atoms with Crippen LogP contribution in [0.15, 0.2) is 66.7 Å². The molecule has 4 rings (SSSR count). The number of benzene rings is 3. The Kier molecular flexibility index (Phi) is 6.53. The molecule has 12 heteroatoms. The molecule has 0 amide bonds. The Bertz CT molecular complexity index is 1370. The van der Waals surface area contributed by atoms with Crippen LogP contribution in [0.3, 0.4) is 0 Å². The van der Waals surface area contributed by atoms with Crippen molar-refractivity contribution in [2.75, 3.05) is 0 Å². The molecule has 1 heterocycles. The van der Waals surface area contributed by atoms with E-state index in [1.54, 1.807) is 13.0 Å². The highest BCUT2D eigenvalue weighted by molar-refractivity contribution is 5.59. The molecular weight excluding hydrogens is 492 g/mol. The van der Waals surface area contributed by atoms with Crippen LogP contribution in [0.4, 0.5) is 26.3 Å². The Labute approximate surface area is 200 Å². The first-order valence-corrected chi connectivity index (χ1v) is 10.3. The van der Waals surface area contributed by atoms with Crippen LogP contribution in [-0.4, -0.2) is 26.2 Å². The van der Waals surface area contributed by atoms with Crippen molar-refractivity contribution in [3.63, 3.8) is 0 Å². The molecule has 0 fully saturated rings. The van der Waals surface area contributed by atoms with Gasteiger partial charge in [0, 0.05) is 5.56 Å². The first-order chi connectivity index (χ1) is 16.9. The summed E-state index contributed by atoms with van der Waals surface area (Å²) in [7, 11) is 0. The van der Waals surface area contributed by atoms with Crippen LogP contribution in [-0.2, 0) is 12.8 Å². The minimum absolute atomic E-state index is 0.0367. The fraction of sp³-hybridized carbons (Fsp3) is 0.167. The molecule has 3 aromatic carbocycles. The van der Waals surface area contributed by atoms with E-state index in [1.807, 2.05) is 0 Å². The van der Waals surface area contributed by atoms with Crippen LogP contribution in [0.5, 0.6) is 17.2 Å². The van der Waals surface area contributed by atoms with Crippen molar-refractivity contribution in [3.05, 3.63) is 83.7 Å². The molecule has 0 saturated heterocycles. The lowest BCUT2D eigenvalue weighted by atomic mass is 10.1. The fourth-order valence-corrected chi connectivity index (χ4v) is 3.27. The Morgan fingerprint density at radius 1 is 0.889 bits per heavy atom. The third-order valence-electron chi connectivity index (χ3n) is 4.95. The second kappa shape index (κ2) is 9.44. The van der Waals surface area contributed by atoms with Crippen molar-refractivity contribution >= 4 is 0 Å². The van der Waals surface area contributed by atoms with Crippen molar-refractivity contribution in [1.29, 1.82) is 0 Å². The number of ether oxygens (including phenoxy) is 2. The summed E-state index contributed by atoms with van der Waals surface area (Å²) in [6, 6.07) is 13.6. The van der Waals surface area contributed by atoms with E-state index in [4.69, 9.17) is 4.74 Å². The van der Waals surface area contributed by atoms with Gasteiger partial charge >= 0.3 is 12.5 Å².